The van der Waals surface area contributed by atoms with Gasteiger partial charge in [-0.1, -0.05) is 18.2 Å². The Morgan fingerprint density at radius 3 is 2.55 bits per heavy atom. The van der Waals surface area contributed by atoms with Crippen LogP contribution >= 0.6 is 11.3 Å². The lowest BCUT2D eigenvalue weighted by molar-refractivity contribution is -0.126. The maximum atomic E-state index is 13.1. The fraction of sp³-hybridized carbons (Fsp3) is 0.217. The predicted octanol–water partition coefficient (Wildman–Crippen LogP) is 3.57. The van der Waals surface area contributed by atoms with Crippen LogP contribution in [-0.4, -0.2) is 32.1 Å². The van der Waals surface area contributed by atoms with Gasteiger partial charge >= 0.3 is 0 Å². The number of thiophene rings is 1. The number of amides is 2. The molecule has 1 aromatic heterocycles. The van der Waals surface area contributed by atoms with Crippen LogP contribution in [0.5, 0.6) is 17.2 Å². The summed E-state index contributed by atoms with van der Waals surface area (Å²) in [7, 11) is 1.57. The van der Waals surface area contributed by atoms with Gasteiger partial charge in [0.15, 0.2) is 11.5 Å². The number of anilines is 1. The lowest BCUT2D eigenvalue weighted by atomic mass is 10.1. The maximum Gasteiger partial charge on any atom is 0.251 e. The zero-order valence-corrected chi connectivity index (χ0v) is 17.7. The number of nitrogens with one attached hydrogen (secondary N) is 2. The Morgan fingerprint density at radius 1 is 1.06 bits per heavy atom. The predicted molar refractivity (Wildman–Crippen MR) is 118 cm³/mol. The molecule has 0 aliphatic carbocycles. The van der Waals surface area contributed by atoms with Crippen molar-refractivity contribution in [2.45, 2.75) is 12.5 Å². The molecule has 31 heavy (non-hydrogen) atoms. The van der Waals surface area contributed by atoms with Crippen molar-refractivity contribution < 1.29 is 23.8 Å². The van der Waals surface area contributed by atoms with E-state index in [1.807, 2.05) is 17.5 Å². The molecule has 0 bridgehead atoms. The average Bonchev–Trinajstić information content (AvgIpc) is 3.30. The van der Waals surface area contributed by atoms with Gasteiger partial charge in [0.2, 0.25) is 5.91 Å². The standard InChI is InChI=1S/C23H22N2O5S/c1-28-17-7-4-15(5-8-17)22(25-21(26)14-18-3-2-12-31-18)23(27)24-16-6-9-19-20(13-16)30-11-10-29-19/h2-9,12-13,22H,10-11,14H2,1H3,(H,24,27)(H,25,26). The maximum absolute atomic E-state index is 13.1. The van der Waals surface area contributed by atoms with Crippen LogP contribution in [0.2, 0.25) is 0 Å². The molecule has 2 N–H and O–H groups in total. The number of hydrogen-bond acceptors (Lipinski definition) is 6. The molecule has 2 amide bonds. The Bertz CT molecular complexity index is 1050. The lowest BCUT2D eigenvalue weighted by Gasteiger charge is -2.21. The van der Waals surface area contributed by atoms with E-state index in [0.29, 0.717) is 41.7 Å². The quantitative estimate of drug-likeness (QED) is 0.589. The Kier molecular flexibility index (Phi) is 6.37. The summed E-state index contributed by atoms with van der Waals surface area (Å²) in [6.45, 7) is 0.951. The molecule has 8 heteroatoms. The SMILES string of the molecule is COc1ccc(C(NC(=O)Cc2cccs2)C(=O)Nc2ccc3c(c2)OCCO3)cc1. The summed E-state index contributed by atoms with van der Waals surface area (Å²) in [6.07, 6.45) is 0.210. The van der Waals surface area contributed by atoms with Crippen LogP contribution in [0.4, 0.5) is 5.69 Å². The van der Waals surface area contributed by atoms with Crippen molar-refractivity contribution in [3.05, 3.63) is 70.4 Å². The topological polar surface area (TPSA) is 85.9 Å². The molecular formula is C23H22N2O5S. The number of methoxy groups -OCH3 is 1. The van der Waals surface area contributed by atoms with Gasteiger partial charge in [-0.25, -0.2) is 0 Å². The molecule has 0 radical (unpaired) electrons. The number of carbonyl (C=O) groups excluding carboxylic acids is 2. The number of ether oxygens (including phenoxy) is 3. The Hall–Kier alpha value is -3.52. The smallest absolute Gasteiger partial charge is 0.251 e. The van der Waals surface area contributed by atoms with E-state index in [1.54, 1.807) is 49.6 Å². The Balaban J connectivity index is 1.53. The number of carbonyl (C=O) groups is 2. The molecule has 4 rings (SSSR count). The molecule has 0 saturated carbocycles. The highest BCUT2D eigenvalue weighted by atomic mass is 32.1. The van der Waals surface area contributed by atoms with E-state index in [-0.39, 0.29) is 18.2 Å². The highest BCUT2D eigenvalue weighted by Crippen LogP contribution is 2.33. The molecule has 1 unspecified atom stereocenters. The first kappa shape index (κ1) is 20.7. The highest BCUT2D eigenvalue weighted by Gasteiger charge is 2.24. The van der Waals surface area contributed by atoms with Crippen molar-refractivity contribution in [3.63, 3.8) is 0 Å². The first-order valence-electron chi connectivity index (χ1n) is 9.78. The van der Waals surface area contributed by atoms with Crippen LogP contribution in [0, 0.1) is 0 Å². The van der Waals surface area contributed by atoms with Gasteiger partial charge in [-0.15, -0.1) is 11.3 Å². The van der Waals surface area contributed by atoms with Crippen molar-refractivity contribution in [2.75, 3.05) is 25.6 Å². The normalized spacial score (nSPS) is 13.2. The fourth-order valence-corrected chi connectivity index (χ4v) is 3.92. The zero-order valence-electron chi connectivity index (χ0n) is 16.9. The molecule has 0 saturated heterocycles. The minimum atomic E-state index is -0.869. The van der Waals surface area contributed by atoms with Gasteiger partial charge in [0.1, 0.15) is 25.0 Å². The second-order valence-electron chi connectivity index (χ2n) is 6.88. The van der Waals surface area contributed by atoms with Gasteiger partial charge in [0, 0.05) is 16.6 Å². The van der Waals surface area contributed by atoms with E-state index in [0.717, 1.165) is 4.88 Å². The molecule has 1 atom stereocenters. The van der Waals surface area contributed by atoms with E-state index < -0.39 is 6.04 Å². The first-order chi connectivity index (χ1) is 15.1. The number of hydrogen-bond donors (Lipinski definition) is 2. The third kappa shape index (κ3) is 5.16. The second-order valence-corrected chi connectivity index (χ2v) is 7.91. The molecular weight excluding hydrogens is 416 g/mol. The van der Waals surface area contributed by atoms with Crippen molar-refractivity contribution in [2.24, 2.45) is 0 Å². The molecule has 1 aliphatic heterocycles. The molecule has 7 nitrogen and oxygen atoms in total. The van der Waals surface area contributed by atoms with Gasteiger partial charge in [-0.3, -0.25) is 9.59 Å². The lowest BCUT2D eigenvalue weighted by Crippen LogP contribution is -2.37. The van der Waals surface area contributed by atoms with Gasteiger partial charge in [0.25, 0.3) is 5.91 Å². The van der Waals surface area contributed by atoms with Crippen LogP contribution in [-0.2, 0) is 16.0 Å². The van der Waals surface area contributed by atoms with E-state index >= 15 is 0 Å². The minimum Gasteiger partial charge on any atom is -0.497 e. The van der Waals surface area contributed by atoms with Crippen LogP contribution in [0.15, 0.2) is 60.0 Å². The van der Waals surface area contributed by atoms with Crippen molar-refractivity contribution in [1.82, 2.24) is 5.32 Å². The van der Waals surface area contributed by atoms with Crippen LogP contribution in [0.3, 0.4) is 0 Å². The van der Waals surface area contributed by atoms with E-state index in [1.165, 1.54) is 11.3 Å². The largest absolute Gasteiger partial charge is 0.497 e. The zero-order chi connectivity index (χ0) is 21.6. The first-order valence-corrected chi connectivity index (χ1v) is 10.7. The monoisotopic (exact) mass is 438 g/mol. The molecule has 2 heterocycles. The molecule has 1 aliphatic rings. The summed E-state index contributed by atoms with van der Waals surface area (Å²) in [4.78, 5) is 26.7. The molecule has 0 fully saturated rings. The summed E-state index contributed by atoms with van der Waals surface area (Å²) in [5, 5.41) is 7.63. The van der Waals surface area contributed by atoms with E-state index in [2.05, 4.69) is 10.6 Å². The van der Waals surface area contributed by atoms with Crippen LogP contribution in [0.1, 0.15) is 16.5 Å². The van der Waals surface area contributed by atoms with Crippen LogP contribution in [0.25, 0.3) is 0 Å². The molecule has 3 aromatic rings. The number of rotatable bonds is 7. The van der Waals surface area contributed by atoms with E-state index in [9.17, 15) is 9.59 Å². The van der Waals surface area contributed by atoms with Gasteiger partial charge in [-0.2, -0.15) is 0 Å². The molecule has 0 spiro atoms. The number of benzene rings is 2. The third-order valence-corrected chi connectivity index (χ3v) is 5.62. The van der Waals surface area contributed by atoms with Gasteiger partial charge < -0.3 is 24.8 Å². The third-order valence-electron chi connectivity index (χ3n) is 4.74. The number of fused-ring (bicyclic) bond motifs is 1. The van der Waals surface area contributed by atoms with Gasteiger partial charge in [-0.05, 0) is 41.3 Å². The Labute approximate surface area is 183 Å². The average molecular weight is 439 g/mol. The van der Waals surface area contributed by atoms with Gasteiger partial charge in [0.05, 0.1) is 13.5 Å². The highest BCUT2D eigenvalue weighted by molar-refractivity contribution is 7.10. The minimum absolute atomic E-state index is 0.210. The Morgan fingerprint density at radius 2 is 1.84 bits per heavy atom. The van der Waals surface area contributed by atoms with Crippen molar-refractivity contribution in [1.29, 1.82) is 0 Å². The summed E-state index contributed by atoms with van der Waals surface area (Å²) in [5.41, 5.74) is 1.20. The molecule has 2 aromatic carbocycles. The molecule has 160 valence electrons. The van der Waals surface area contributed by atoms with Crippen molar-refractivity contribution >= 4 is 28.8 Å². The summed E-state index contributed by atoms with van der Waals surface area (Å²) >= 11 is 1.50. The van der Waals surface area contributed by atoms with Crippen molar-refractivity contribution in [3.8, 4) is 17.2 Å². The van der Waals surface area contributed by atoms with E-state index in [4.69, 9.17) is 14.2 Å². The summed E-state index contributed by atoms with van der Waals surface area (Å²) in [5.74, 6) is 1.29. The fourth-order valence-electron chi connectivity index (χ4n) is 3.22. The summed E-state index contributed by atoms with van der Waals surface area (Å²) in [6, 6.07) is 15.2. The summed E-state index contributed by atoms with van der Waals surface area (Å²) < 4.78 is 16.3. The van der Waals surface area contributed by atoms with Crippen LogP contribution < -0.4 is 24.8 Å². The second kappa shape index (κ2) is 9.53.